The van der Waals surface area contributed by atoms with Crippen molar-refractivity contribution in [3.63, 3.8) is 0 Å². The van der Waals surface area contributed by atoms with Crippen molar-refractivity contribution in [1.82, 2.24) is 0 Å². The van der Waals surface area contributed by atoms with Crippen molar-refractivity contribution < 1.29 is 9.90 Å². The van der Waals surface area contributed by atoms with E-state index in [0.29, 0.717) is 5.56 Å². The zero-order chi connectivity index (χ0) is 10.7. The second-order valence-electron chi connectivity index (χ2n) is 2.67. The van der Waals surface area contributed by atoms with E-state index in [1.165, 1.54) is 12.1 Å². The molecule has 0 heterocycles. The lowest BCUT2D eigenvalue weighted by atomic mass is 10.1. The lowest BCUT2D eigenvalue weighted by Crippen LogP contribution is -2.05. The van der Waals surface area contributed by atoms with E-state index in [9.17, 15) is 4.79 Å². The van der Waals surface area contributed by atoms with Gasteiger partial charge in [-0.3, -0.25) is 4.79 Å². The van der Waals surface area contributed by atoms with Gasteiger partial charge in [-0.2, -0.15) is 5.26 Å². The average Bonchev–Trinajstić information content (AvgIpc) is 2.12. The molecule has 5 heteroatoms. The molecule has 0 amide bonds. The van der Waals surface area contributed by atoms with Crippen LogP contribution >= 0.6 is 11.6 Å². The van der Waals surface area contributed by atoms with Gasteiger partial charge in [-0.25, -0.2) is 0 Å². The maximum Gasteiger partial charge on any atom is 0.307 e. The number of anilines is 1. The molecular formula is C9H7ClN2O2. The minimum atomic E-state index is -1.03. The molecule has 0 unspecified atom stereocenters. The van der Waals surface area contributed by atoms with E-state index >= 15 is 0 Å². The van der Waals surface area contributed by atoms with E-state index in [-0.39, 0.29) is 22.7 Å². The lowest BCUT2D eigenvalue weighted by Gasteiger charge is -2.06. The molecule has 72 valence electrons. The van der Waals surface area contributed by atoms with Crippen LogP contribution in [0.4, 0.5) is 5.69 Å². The molecule has 1 rings (SSSR count). The summed E-state index contributed by atoms with van der Waals surface area (Å²) in [5, 5.41) is 17.5. The van der Waals surface area contributed by atoms with Crippen LogP contribution < -0.4 is 5.73 Å². The highest BCUT2D eigenvalue weighted by molar-refractivity contribution is 6.32. The van der Waals surface area contributed by atoms with E-state index in [0.717, 1.165) is 0 Å². The van der Waals surface area contributed by atoms with Crippen molar-refractivity contribution in [3.05, 3.63) is 28.3 Å². The van der Waals surface area contributed by atoms with Gasteiger partial charge in [0.25, 0.3) is 0 Å². The van der Waals surface area contributed by atoms with Crippen molar-refractivity contribution >= 4 is 23.3 Å². The first-order valence-corrected chi connectivity index (χ1v) is 4.12. The summed E-state index contributed by atoms with van der Waals surface area (Å²) < 4.78 is 0. The Balaban J connectivity index is 3.27. The standard InChI is InChI=1S/C9H7ClN2O2/c10-7-2-1-5(4-11)9(12)6(7)3-8(13)14/h1-2H,3,12H2,(H,13,14). The fourth-order valence-corrected chi connectivity index (χ4v) is 1.30. The summed E-state index contributed by atoms with van der Waals surface area (Å²) in [5.41, 5.74) is 6.25. The van der Waals surface area contributed by atoms with Crippen LogP contribution in [0.1, 0.15) is 11.1 Å². The number of aliphatic carboxylic acids is 1. The normalized spacial score (nSPS) is 9.43. The zero-order valence-corrected chi connectivity index (χ0v) is 7.88. The highest BCUT2D eigenvalue weighted by atomic mass is 35.5. The number of nitrogens with zero attached hydrogens (tertiary/aromatic N) is 1. The van der Waals surface area contributed by atoms with Crippen LogP contribution in [-0.4, -0.2) is 11.1 Å². The van der Waals surface area contributed by atoms with Gasteiger partial charge in [-0.15, -0.1) is 0 Å². The summed E-state index contributed by atoms with van der Waals surface area (Å²) in [6.07, 6.45) is -0.278. The molecule has 0 radical (unpaired) electrons. The Morgan fingerprint density at radius 3 is 2.79 bits per heavy atom. The van der Waals surface area contributed by atoms with Crippen molar-refractivity contribution in [2.24, 2.45) is 0 Å². The zero-order valence-electron chi connectivity index (χ0n) is 7.12. The minimum absolute atomic E-state index is 0.141. The number of rotatable bonds is 2. The predicted octanol–water partition coefficient (Wildman–Crippen LogP) is 1.42. The molecule has 0 fully saturated rings. The number of nitrogen functional groups attached to an aromatic ring is 1. The van der Waals surface area contributed by atoms with Gasteiger partial charge < -0.3 is 10.8 Å². The average molecular weight is 211 g/mol. The molecule has 3 N–H and O–H groups in total. The number of halogens is 1. The Morgan fingerprint density at radius 2 is 2.29 bits per heavy atom. The van der Waals surface area contributed by atoms with Crippen molar-refractivity contribution in [2.75, 3.05) is 5.73 Å². The van der Waals surface area contributed by atoms with Crippen LogP contribution in [0.2, 0.25) is 5.02 Å². The number of hydrogen-bond donors (Lipinski definition) is 2. The summed E-state index contributed by atoms with van der Waals surface area (Å²) in [7, 11) is 0. The molecule has 0 saturated heterocycles. The van der Waals surface area contributed by atoms with Gasteiger partial charge >= 0.3 is 5.97 Å². The van der Waals surface area contributed by atoms with E-state index in [1.807, 2.05) is 6.07 Å². The number of carbonyl (C=O) groups is 1. The van der Waals surface area contributed by atoms with E-state index in [1.54, 1.807) is 0 Å². The van der Waals surface area contributed by atoms with Gasteiger partial charge in [-0.05, 0) is 12.1 Å². The molecule has 14 heavy (non-hydrogen) atoms. The Morgan fingerprint density at radius 1 is 1.64 bits per heavy atom. The van der Waals surface area contributed by atoms with E-state index in [4.69, 9.17) is 27.7 Å². The summed E-state index contributed by atoms with van der Waals surface area (Å²) in [6.45, 7) is 0. The third-order valence-corrected chi connectivity index (χ3v) is 2.10. The van der Waals surface area contributed by atoms with Crippen LogP contribution in [0, 0.1) is 11.3 Å². The van der Waals surface area contributed by atoms with E-state index < -0.39 is 5.97 Å². The predicted molar refractivity (Wildman–Crippen MR) is 51.9 cm³/mol. The fraction of sp³-hybridized carbons (Fsp3) is 0.111. The molecule has 0 saturated carbocycles. The lowest BCUT2D eigenvalue weighted by molar-refractivity contribution is -0.136. The van der Waals surface area contributed by atoms with Crippen molar-refractivity contribution in [3.8, 4) is 6.07 Å². The molecule has 4 nitrogen and oxygen atoms in total. The van der Waals surface area contributed by atoms with Crippen LogP contribution in [0.15, 0.2) is 12.1 Å². The summed E-state index contributed by atoms with van der Waals surface area (Å²) >= 11 is 5.75. The van der Waals surface area contributed by atoms with Gasteiger partial charge in [-0.1, -0.05) is 11.6 Å². The number of carboxylic acids is 1. The number of nitrogens with two attached hydrogens (primary N) is 1. The van der Waals surface area contributed by atoms with Crippen LogP contribution in [-0.2, 0) is 11.2 Å². The molecule has 0 atom stereocenters. The SMILES string of the molecule is N#Cc1ccc(Cl)c(CC(=O)O)c1N. The fourth-order valence-electron chi connectivity index (χ4n) is 1.07. The van der Waals surface area contributed by atoms with Crippen molar-refractivity contribution in [1.29, 1.82) is 5.26 Å². The molecule has 0 aliphatic rings. The summed E-state index contributed by atoms with van der Waals surface area (Å²) in [6, 6.07) is 4.79. The van der Waals surface area contributed by atoms with Gasteiger partial charge in [0.2, 0.25) is 0 Å². The Labute approximate surface area is 85.5 Å². The maximum atomic E-state index is 10.5. The number of hydrogen-bond acceptors (Lipinski definition) is 3. The maximum absolute atomic E-state index is 10.5. The first kappa shape index (κ1) is 10.4. The summed E-state index contributed by atoms with van der Waals surface area (Å²) in [4.78, 5) is 10.5. The van der Waals surface area contributed by atoms with Crippen LogP contribution in [0.3, 0.4) is 0 Å². The molecule has 0 aromatic heterocycles. The molecule has 0 bridgehead atoms. The summed E-state index contributed by atoms with van der Waals surface area (Å²) in [5.74, 6) is -1.03. The molecule has 0 aliphatic heterocycles. The minimum Gasteiger partial charge on any atom is -0.481 e. The molecule has 0 spiro atoms. The topological polar surface area (TPSA) is 87.1 Å². The second-order valence-corrected chi connectivity index (χ2v) is 3.08. The number of benzene rings is 1. The van der Waals surface area contributed by atoms with Gasteiger partial charge in [0, 0.05) is 10.6 Å². The molecular weight excluding hydrogens is 204 g/mol. The van der Waals surface area contributed by atoms with Gasteiger partial charge in [0.05, 0.1) is 17.7 Å². The Bertz CT molecular complexity index is 424. The monoisotopic (exact) mass is 210 g/mol. The Hall–Kier alpha value is -1.73. The van der Waals surface area contributed by atoms with Gasteiger partial charge in [0.15, 0.2) is 0 Å². The highest BCUT2D eigenvalue weighted by Gasteiger charge is 2.12. The van der Waals surface area contributed by atoms with Crippen LogP contribution in [0.5, 0.6) is 0 Å². The van der Waals surface area contributed by atoms with E-state index in [2.05, 4.69) is 0 Å². The first-order chi connectivity index (χ1) is 6.56. The highest BCUT2D eigenvalue weighted by Crippen LogP contribution is 2.25. The molecule has 1 aromatic rings. The molecule has 0 aliphatic carbocycles. The Kier molecular flexibility index (Phi) is 2.95. The third kappa shape index (κ3) is 1.95. The van der Waals surface area contributed by atoms with Crippen molar-refractivity contribution in [2.45, 2.75) is 6.42 Å². The third-order valence-electron chi connectivity index (χ3n) is 1.75. The van der Waals surface area contributed by atoms with Crippen LogP contribution in [0.25, 0.3) is 0 Å². The first-order valence-electron chi connectivity index (χ1n) is 3.75. The number of nitriles is 1. The largest absolute Gasteiger partial charge is 0.481 e. The quantitative estimate of drug-likeness (QED) is 0.723. The molecule has 1 aromatic carbocycles. The second kappa shape index (κ2) is 3.99. The van der Waals surface area contributed by atoms with Gasteiger partial charge in [0.1, 0.15) is 6.07 Å². The number of carboxylic acid groups (broad SMARTS) is 1. The smallest absolute Gasteiger partial charge is 0.307 e.